The van der Waals surface area contributed by atoms with Crippen molar-refractivity contribution >= 4 is 51.4 Å². The lowest BCUT2D eigenvalue weighted by molar-refractivity contribution is 0.553. The first-order chi connectivity index (χ1) is 22.1. The zero-order valence-corrected chi connectivity index (χ0v) is 25.4. The molecule has 218 valence electrons. The lowest BCUT2D eigenvalue weighted by Gasteiger charge is -2.25. The first kappa shape index (κ1) is 28.4. The van der Waals surface area contributed by atoms with Crippen LogP contribution in [0.2, 0.25) is 10.0 Å². The van der Waals surface area contributed by atoms with Crippen LogP contribution in [0.3, 0.4) is 0 Å². The monoisotopic (exact) mass is 625 g/mol. The molecule has 0 N–H and O–H groups in total. The summed E-state index contributed by atoms with van der Waals surface area (Å²) in [6, 6.07) is 45.4. The number of nitrogens with zero attached hydrogens (tertiary/aromatic N) is 3. The smallest absolute Gasteiger partial charge is 0.227 e. The molecule has 5 nitrogen and oxygen atoms in total. The number of rotatable bonds is 6. The van der Waals surface area contributed by atoms with Gasteiger partial charge in [0, 0.05) is 44.4 Å². The van der Waals surface area contributed by atoms with E-state index in [9.17, 15) is 0 Å². The minimum Gasteiger partial charge on any atom is -0.446 e. The third kappa shape index (κ3) is 6.31. The van der Waals surface area contributed by atoms with E-state index < -0.39 is 0 Å². The molecule has 0 spiro atoms. The summed E-state index contributed by atoms with van der Waals surface area (Å²) in [5.41, 5.74) is 8.08. The van der Waals surface area contributed by atoms with Crippen molar-refractivity contribution < 1.29 is 8.83 Å². The highest BCUT2D eigenvalue weighted by atomic mass is 35.5. The Balaban J connectivity index is 1.33. The van der Waals surface area contributed by atoms with E-state index in [0.717, 1.165) is 44.8 Å². The summed E-state index contributed by atoms with van der Waals surface area (Å²) in [6.07, 6.45) is 3.36. The third-order valence-electron chi connectivity index (χ3n) is 7.27. The standard InChI is InChI=1S/C38H25Cl2N3O2/c39-30-14-8-28(9-15-30)37-41-23-4-7-32(22-24-44-37)43(33-18-12-27(13-19-33)26-5-2-1-3-6-26)34-20-21-36-35(25-34)42-38(45-36)29-10-16-31(40)17-11-29/h1-25H. The SMILES string of the molecule is Clc1ccc(-c2ncccc(N(c3ccc(-c4ccccc4)cc3)c3ccc4oc(-c5ccc(Cl)cc5)nc4c3)cco2)cc1. The Morgan fingerprint density at radius 3 is 1.82 bits per heavy atom. The van der Waals surface area contributed by atoms with Gasteiger partial charge in [0.1, 0.15) is 5.52 Å². The molecule has 0 bridgehead atoms. The van der Waals surface area contributed by atoms with Crippen molar-refractivity contribution in [3.05, 3.63) is 162 Å². The molecular weight excluding hydrogens is 601 g/mol. The second-order valence-electron chi connectivity index (χ2n) is 10.2. The molecule has 7 aromatic rings. The van der Waals surface area contributed by atoms with Crippen molar-refractivity contribution in [3.63, 3.8) is 0 Å². The molecule has 0 aliphatic carbocycles. The zero-order chi connectivity index (χ0) is 30.6. The van der Waals surface area contributed by atoms with Gasteiger partial charge in [0.15, 0.2) is 5.58 Å². The average Bonchev–Trinajstić information content (AvgIpc) is 3.55. The van der Waals surface area contributed by atoms with Crippen LogP contribution in [0.1, 0.15) is 0 Å². The second kappa shape index (κ2) is 12.7. The molecule has 7 heteroatoms. The number of benzene rings is 5. The molecule has 45 heavy (non-hydrogen) atoms. The highest BCUT2D eigenvalue weighted by Gasteiger charge is 2.16. The van der Waals surface area contributed by atoms with Crippen LogP contribution in [-0.4, -0.2) is 9.97 Å². The molecule has 0 aliphatic heterocycles. The minimum atomic E-state index is 0.464. The van der Waals surface area contributed by atoms with Gasteiger partial charge in [-0.1, -0.05) is 65.7 Å². The van der Waals surface area contributed by atoms with Crippen LogP contribution < -0.4 is 4.90 Å². The third-order valence-corrected chi connectivity index (χ3v) is 7.77. The van der Waals surface area contributed by atoms with Gasteiger partial charge in [-0.2, -0.15) is 0 Å². The number of aromatic nitrogens is 2. The molecule has 0 amide bonds. The van der Waals surface area contributed by atoms with Gasteiger partial charge in [0.05, 0.1) is 6.26 Å². The first-order valence-electron chi connectivity index (χ1n) is 14.3. The molecule has 0 saturated heterocycles. The van der Waals surface area contributed by atoms with Crippen LogP contribution in [0.25, 0.3) is 45.1 Å². The largest absolute Gasteiger partial charge is 0.446 e. The fraction of sp³-hybridized carbons (Fsp3) is 0. The number of halogens is 2. The van der Waals surface area contributed by atoms with Crippen molar-refractivity contribution in [1.29, 1.82) is 0 Å². The normalized spacial score (nSPS) is 10.9. The van der Waals surface area contributed by atoms with Gasteiger partial charge in [-0.05, 0) is 108 Å². The number of hydrogen-bond donors (Lipinski definition) is 0. The minimum absolute atomic E-state index is 0.464. The highest BCUT2D eigenvalue weighted by molar-refractivity contribution is 6.30. The van der Waals surface area contributed by atoms with Crippen LogP contribution in [0.15, 0.2) is 161 Å². The first-order valence-corrected chi connectivity index (χ1v) is 15.0. The van der Waals surface area contributed by atoms with Crippen molar-refractivity contribution in [2.75, 3.05) is 4.90 Å². The molecular formula is C38H25Cl2N3O2. The molecule has 0 fully saturated rings. The van der Waals surface area contributed by atoms with Crippen LogP contribution in [0, 0.1) is 0 Å². The lowest BCUT2D eigenvalue weighted by Crippen LogP contribution is -2.09. The Kier molecular flexibility index (Phi) is 8.02. The van der Waals surface area contributed by atoms with Gasteiger partial charge in [-0.25, -0.2) is 9.97 Å². The zero-order valence-electron chi connectivity index (χ0n) is 23.8. The molecule has 0 saturated carbocycles. The summed E-state index contributed by atoms with van der Waals surface area (Å²) in [4.78, 5) is 11.5. The van der Waals surface area contributed by atoms with E-state index in [1.54, 1.807) is 12.5 Å². The van der Waals surface area contributed by atoms with Gasteiger partial charge in [-0.3, -0.25) is 0 Å². The van der Waals surface area contributed by atoms with Crippen LogP contribution >= 0.6 is 23.2 Å². The van der Waals surface area contributed by atoms with Crippen molar-refractivity contribution in [3.8, 4) is 34.0 Å². The predicted octanol–water partition coefficient (Wildman–Crippen LogP) is 11.7. The molecule has 0 radical (unpaired) electrons. The fourth-order valence-electron chi connectivity index (χ4n) is 5.04. The molecule has 0 unspecified atom stereocenters. The van der Waals surface area contributed by atoms with E-state index in [4.69, 9.17) is 37.0 Å². The van der Waals surface area contributed by atoms with E-state index in [1.165, 1.54) is 0 Å². The van der Waals surface area contributed by atoms with Gasteiger partial charge < -0.3 is 13.7 Å². The maximum Gasteiger partial charge on any atom is 0.227 e. The van der Waals surface area contributed by atoms with Crippen LogP contribution in [0.4, 0.5) is 17.1 Å². The molecule has 7 rings (SSSR count). The number of anilines is 3. The van der Waals surface area contributed by atoms with E-state index in [2.05, 4.69) is 46.3 Å². The van der Waals surface area contributed by atoms with Gasteiger partial charge in [0.25, 0.3) is 0 Å². The summed E-state index contributed by atoms with van der Waals surface area (Å²) in [6.45, 7) is 0. The van der Waals surface area contributed by atoms with Gasteiger partial charge in [-0.15, -0.1) is 0 Å². The Hall–Kier alpha value is -5.36. The summed E-state index contributed by atoms with van der Waals surface area (Å²) in [7, 11) is 0. The maximum atomic E-state index is 6.10. The van der Waals surface area contributed by atoms with Crippen molar-refractivity contribution in [2.45, 2.75) is 0 Å². The Morgan fingerprint density at radius 1 is 0.511 bits per heavy atom. The van der Waals surface area contributed by atoms with Crippen LogP contribution in [-0.2, 0) is 0 Å². The van der Waals surface area contributed by atoms with Crippen molar-refractivity contribution in [1.82, 2.24) is 9.97 Å². The molecule has 2 aromatic heterocycles. The van der Waals surface area contributed by atoms with Gasteiger partial charge in [0.2, 0.25) is 11.8 Å². The van der Waals surface area contributed by atoms with Crippen LogP contribution in [0.5, 0.6) is 0 Å². The van der Waals surface area contributed by atoms with E-state index >= 15 is 0 Å². The summed E-state index contributed by atoms with van der Waals surface area (Å²) in [5.74, 6) is 0.994. The van der Waals surface area contributed by atoms with E-state index in [0.29, 0.717) is 27.4 Å². The number of fused-ring (bicyclic) bond motifs is 1. The topological polar surface area (TPSA) is 55.3 Å². The summed E-state index contributed by atoms with van der Waals surface area (Å²) >= 11 is 12.2. The number of oxazole rings is 1. The Morgan fingerprint density at radius 2 is 1.11 bits per heavy atom. The Bertz CT molecular complexity index is 2070. The molecule has 0 atom stereocenters. The lowest BCUT2D eigenvalue weighted by atomic mass is 10.0. The van der Waals surface area contributed by atoms with Gasteiger partial charge >= 0.3 is 0 Å². The highest BCUT2D eigenvalue weighted by Crippen LogP contribution is 2.37. The Labute approximate surface area is 270 Å². The van der Waals surface area contributed by atoms with Crippen molar-refractivity contribution in [2.24, 2.45) is 0 Å². The molecule has 0 aliphatic rings. The molecule has 5 aromatic carbocycles. The molecule has 2 heterocycles. The quantitative estimate of drug-likeness (QED) is 0.184. The van der Waals surface area contributed by atoms with E-state index in [-0.39, 0.29) is 0 Å². The average molecular weight is 627 g/mol. The fourth-order valence-corrected chi connectivity index (χ4v) is 5.29. The predicted molar refractivity (Wildman–Crippen MR) is 183 cm³/mol. The second-order valence-corrected chi connectivity index (χ2v) is 11.1. The summed E-state index contributed by atoms with van der Waals surface area (Å²) < 4.78 is 12.1. The number of hydrogen-bond acceptors (Lipinski definition) is 5. The summed E-state index contributed by atoms with van der Waals surface area (Å²) in [5, 5.41) is 1.31. The maximum absolute atomic E-state index is 6.10. The van der Waals surface area contributed by atoms with E-state index in [1.807, 2.05) is 103 Å².